The molecular formula is C20H24FNO5S. The number of benzene rings is 2. The van der Waals surface area contributed by atoms with Crippen molar-refractivity contribution < 1.29 is 27.0 Å². The third-order valence-electron chi connectivity index (χ3n) is 5.17. The SMILES string of the molecule is COc1ccc(OC)c(S(=O)(=O)NCC2(c3ccc(F)cc3)CCOCC2)c1. The molecule has 2 aromatic rings. The molecule has 1 aliphatic rings. The highest BCUT2D eigenvalue weighted by molar-refractivity contribution is 7.89. The molecular weight excluding hydrogens is 385 g/mol. The van der Waals surface area contributed by atoms with Crippen molar-refractivity contribution in [1.82, 2.24) is 4.72 Å². The predicted octanol–water partition coefficient (Wildman–Crippen LogP) is 2.87. The van der Waals surface area contributed by atoms with Gasteiger partial charge in [0.25, 0.3) is 0 Å². The Morgan fingerprint density at radius 3 is 2.36 bits per heavy atom. The first-order chi connectivity index (χ1) is 13.4. The first-order valence-corrected chi connectivity index (χ1v) is 10.4. The van der Waals surface area contributed by atoms with Crippen LogP contribution in [0.3, 0.4) is 0 Å². The van der Waals surface area contributed by atoms with Crippen LogP contribution >= 0.6 is 0 Å². The largest absolute Gasteiger partial charge is 0.497 e. The molecule has 1 N–H and O–H groups in total. The predicted molar refractivity (Wildman–Crippen MR) is 103 cm³/mol. The van der Waals surface area contributed by atoms with Crippen LogP contribution in [0, 0.1) is 5.82 Å². The molecule has 1 fully saturated rings. The molecule has 3 rings (SSSR count). The van der Waals surface area contributed by atoms with Crippen molar-refractivity contribution >= 4 is 10.0 Å². The summed E-state index contributed by atoms with van der Waals surface area (Å²) in [7, 11) is -0.974. The number of halogens is 1. The van der Waals surface area contributed by atoms with E-state index in [0.29, 0.717) is 31.8 Å². The van der Waals surface area contributed by atoms with Gasteiger partial charge in [0.15, 0.2) is 0 Å². The molecule has 0 unspecified atom stereocenters. The van der Waals surface area contributed by atoms with Gasteiger partial charge in [-0.15, -0.1) is 0 Å². The Bertz CT molecular complexity index is 909. The monoisotopic (exact) mass is 409 g/mol. The van der Waals surface area contributed by atoms with Crippen LogP contribution < -0.4 is 14.2 Å². The fraction of sp³-hybridized carbons (Fsp3) is 0.400. The topological polar surface area (TPSA) is 73.9 Å². The number of ether oxygens (including phenoxy) is 3. The third kappa shape index (κ3) is 4.29. The van der Waals surface area contributed by atoms with Gasteiger partial charge < -0.3 is 14.2 Å². The average molecular weight is 409 g/mol. The summed E-state index contributed by atoms with van der Waals surface area (Å²) in [6.45, 7) is 1.20. The lowest BCUT2D eigenvalue weighted by atomic mass is 9.74. The molecule has 28 heavy (non-hydrogen) atoms. The van der Waals surface area contributed by atoms with Crippen LogP contribution in [0.5, 0.6) is 11.5 Å². The fourth-order valence-electron chi connectivity index (χ4n) is 3.44. The van der Waals surface area contributed by atoms with E-state index in [0.717, 1.165) is 5.56 Å². The maximum Gasteiger partial charge on any atom is 0.244 e. The summed E-state index contributed by atoms with van der Waals surface area (Å²) in [5.74, 6) is 0.323. The lowest BCUT2D eigenvalue weighted by Crippen LogP contribution is -2.44. The maximum absolute atomic E-state index is 13.4. The Labute approximate surface area is 164 Å². The zero-order chi connectivity index (χ0) is 20.2. The van der Waals surface area contributed by atoms with Gasteiger partial charge >= 0.3 is 0 Å². The zero-order valence-corrected chi connectivity index (χ0v) is 16.7. The minimum atomic E-state index is -3.86. The smallest absolute Gasteiger partial charge is 0.244 e. The quantitative estimate of drug-likeness (QED) is 0.761. The molecule has 152 valence electrons. The van der Waals surface area contributed by atoms with Gasteiger partial charge in [-0.3, -0.25) is 0 Å². The van der Waals surface area contributed by atoms with Crippen LogP contribution in [0.2, 0.25) is 0 Å². The van der Waals surface area contributed by atoms with Crippen LogP contribution in [-0.4, -0.2) is 42.4 Å². The Morgan fingerprint density at radius 2 is 1.75 bits per heavy atom. The second kappa shape index (κ2) is 8.46. The number of hydrogen-bond acceptors (Lipinski definition) is 5. The number of nitrogens with one attached hydrogen (secondary N) is 1. The van der Waals surface area contributed by atoms with E-state index in [-0.39, 0.29) is 23.0 Å². The van der Waals surface area contributed by atoms with Crippen LogP contribution in [0.15, 0.2) is 47.4 Å². The van der Waals surface area contributed by atoms with E-state index in [1.54, 1.807) is 24.3 Å². The first kappa shape index (κ1) is 20.6. The van der Waals surface area contributed by atoms with Crippen LogP contribution in [0.1, 0.15) is 18.4 Å². The van der Waals surface area contributed by atoms with E-state index in [4.69, 9.17) is 14.2 Å². The molecule has 0 amide bonds. The van der Waals surface area contributed by atoms with Crippen molar-refractivity contribution in [3.63, 3.8) is 0 Å². The Morgan fingerprint density at radius 1 is 1.07 bits per heavy atom. The van der Waals surface area contributed by atoms with Crippen LogP contribution in [0.25, 0.3) is 0 Å². The van der Waals surface area contributed by atoms with Crippen molar-refractivity contribution in [2.24, 2.45) is 0 Å². The highest BCUT2D eigenvalue weighted by atomic mass is 32.2. The van der Waals surface area contributed by atoms with Crippen molar-refractivity contribution in [3.05, 3.63) is 53.8 Å². The second-order valence-corrected chi connectivity index (χ2v) is 8.48. The van der Waals surface area contributed by atoms with Gasteiger partial charge in [0, 0.05) is 31.2 Å². The molecule has 2 aromatic carbocycles. The molecule has 0 atom stereocenters. The molecule has 1 saturated heterocycles. The highest BCUT2D eigenvalue weighted by Gasteiger charge is 2.36. The van der Waals surface area contributed by atoms with E-state index in [1.165, 1.54) is 32.4 Å². The van der Waals surface area contributed by atoms with Crippen LogP contribution in [-0.2, 0) is 20.2 Å². The van der Waals surface area contributed by atoms with Gasteiger partial charge in [0.05, 0.1) is 14.2 Å². The summed E-state index contributed by atoms with van der Waals surface area (Å²) in [6.07, 6.45) is 1.27. The number of sulfonamides is 1. The summed E-state index contributed by atoms with van der Waals surface area (Å²) in [5.41, 5.74) is 0.419. The summed E-state index contributed by atoms with van der Waals surface area (Å²) < 4.78 is 57.9. The Balaban J connectivity index is 1.90. The molecule has 0 saturated carbocycles. The van der Waals surface area contributed by atoms with Gasteiger partial charge in [-0.25, -0.2) is 17.5 Å². The summed E-state index contributed by atoms with van der Waals surface area (Å²) in [6, 6.07) is 10.8. The molecule has 1 heterocycles. The average Bonchev–Trinajstić information content (AvgIpc) is 2.73. The van der Waals surface area contributed by atoms with Gasteiger partial charge in [0.2, 0.25) is 10.0 Å². The highest BCUT2D eigenvalue weighted by Crippen LogP contribution is 2.35. The Kier molecular flexibility index (Phi) is 6.22. The van der Waals surface area contributed by atoms with Crippen molar-refractivity contribution in [3.8, 4) is 11.5 Å². The van der Waals surface area contributed by atoms with E-state index >= 15 is 0 Å². The standard InChI is InChI=1S/C20H24FNO5S/c1-25-17-7-8-18(26-2)19(13-17)28(23,24)22-14-20(9-11-27-12-10-20)15-3-5-16(21)6-4-15/h3-8,13,22H,9-12,14H2,1-2H3. The normalized spacial score (nSPS) is 16.5. The molecule has 1 aliphatic heterocycles. The van der Waals surface area contributed by atoms with Gasteiger partial charge in [0.1, 0.15) is 22.2 Å². The number of methoxy groups -OCH3 is 2. The summed E-state index contributed by atoms with van der Waals surface area (Å²) in [4.78, 5) is 0.00988. The summed E-state index contributed by atoms with van der Waals surface area (Å²) >= 11 is 0. The molecule has 0 bridgehead atoms. The van der Waals surface area contributed by atoms with E-state index in [9.17, 15) is 12.8 Å². The minimum absolute atomic E-state index is 0.00988. The molecule has 0 radical (unpaired) electrons. The zero-order valence-electron chi connectivity index (χ0n) is 15.9. The van der Waals surface area contributed by atoms with E-state index < -0.39 is 15.4 Å². The first-order valence-electron chi connectivity index (χ1n) is 8.96. The number of rotatable bonds is 7. The third-order valence-corrected chi connectivity index (χ3v) is 6.59. The fourth-order valence-corrected chi connectivity index (χ4v) is 4.75. The maximum atomic E-state index is 13.4. The lowest BCUT2D eigenvalue weighted by molar-refractivity contribution is 0.0517. The van der Waals surface area contributed by atoms with E-state index in [1.807, 2.05) is 0 Å². The van der Waals surface area contributed by atoms with Gasteiger partial charge in [-0.05, 0) is 42.7 Å². The van der Waals surface area contributed by atoms with Crippen molar-refractivity contribution in [2.75, 3.05) is 34.0 Å². The lowest BCUT2D eigenvalue weighted by Gasteiger charge is -2.38. The molecule has 6 nitrogen and oxygen atoms in total. The number of hydrogen-bond donors (Lipinski definition) is 1. The van der Waals surface area contributed by atoms with Crippen LogP contribution in [0.4, 0.5) is 4.39 Å². The minimum Gasteiger partial charge on any atom is -0.497 e. The van der Waals surface area contributed by atoms with Crippen molar-refractivity contribution in [1.29, 1.82) is 0 Å². The summed E-state index contributed by atoms with van der Waals surface area (Å²) in [5, 5.41) is 0. The molecule has 8 heteroatoms. The van der Waals surface area contributed by atoms with Gasteiger partial charge in [-0.1, -0.05) is 12.1 Å². The second-order valence-electron chi connectivity index (χ2n) is 6.74. The Hall–Kier alpha value is -2.16. The molecule has 0 aromatic heterocycles. The van der Waals surface area contributed by atoms with Gasteiger partial charge in [-0.2, -0.15) is 0 Å². The van der Waals surface area contributed by atoms with E-state index in [2.05, 4.69) is 4.72 Å². The van der Waals surface area contributed by atoms with Crippen molar-refractivity contribution in [2.45, 2.75) is 23.2 Å². The molecule has 0 spiro atoms. The molecule has 0 aliphatic carbocycles.